The summed E-state index contributed by atoms with van der Waals surface area (Å²) in [5.74, 6) is -0.828. The summed E-state index contributed by atoms with van der Waals surface area (Å²) in [7, 11) is 1.78. The zero-order chi connectivity index (χ0) is 27.9. The average Bonchev–Trinajstić information content (AvgIpc) is 3.58. The third kappa shape index (κ3) is 7.59. The van der Waals surface area contributed by atoms with Crippen molar-refractivity contribution >= 4 is 47.2 Å². The number of hydrogen-bond donors (Lipinski definition) is 2. The van der Waals surface area contributed by atoms with Gasteiger partial charge in [-0.1, -0.05) is 56.2 Å². The SMILES string of the molecule is CCCCCNC(=O)CN(CC(=O)N(C)N1Cc2ccccc2C1)c1cc(-c2nc(C(N)=O)cs2)ccc1C.Cl. The first-order valence-corrected chi connectivity index (χ1v) is 14.1. The second-order valence-electron chi connectivity index (χ2n) is 9.83. The minimum atomic E-state index is -0.580. The molecule has 3 N–H and O–H groups in total. The van der Waals surface area contributed by atoms with Gasteiger partial charge in [-0.05, 0) is 36.1 Å². The molecule has 2 aromatic carbocycles. The molecule has 0 bridgehead atoms. The van der Waals surface area contributed by atoms with Gasteiger partial charge >= 0.3 is 0 Å². The fourth-order valence-electron chi connectivity index (χ4n) is 4.61. The zero-order valence-corrected chi connectivity index (χ0v) is 24.8. The van der Waals surface area contributed by atoms with E-state index in [-0.39, 0.29) is 43.0 Å². The molecular formula is C29H37ClN6O3S. The van der Waals surface area contributed by atoms with Crippen molar-refractivity contribution in [1.82, 2.24) is 20.3 Å². The van der Waals surface area contributed by atoms with Crippen LogP contribution in [0.3, 0.4) is 0 Å². The van der Waals surface area contributed by atoms with E-state index in [0.717, 1.165) is 36.1 Å². The molecule has 9 nitrogen and oxygen atoms in total. The topological polar surface area (TPSA) is 112 Å². The van der Waals surface area contributed by atoms with E-state index in [9.17, 15) is 14.4 Å². The molecule has 1 aliphatic rings. The lowest BCUT2D eigenvalue weighted by Crippen LogP contribution is -2.48. The number of likely N-dealkylation sites (N-methyl/N-ethyl adjacent to an activating group) is 1. The van der Waals surface area contributed by atoms with Crippen LogP contribution >= 0.6 is 23.7 Å². The molecule has 0 radical (unpaired) electrons. The normalized spacial score (nSPS) is 12.4. The molecule has 3 aromatic rings. The van der Waals surface area contributed by atoms with E-state index < -0.39 is 5.91 Å². The number of fused-ring (bicyclic) bond motifs is 1. The first-order chi connectivity index (χ1) is 18.8. The lowest BCUT2D eigenvalue weighted by molar-refractivity contribution is -0.145. The Morgan fingerprint density at radius 2 is 1.77 bits per heavy atom. The fourth-order valence-corrected chi connectivity index (χ4v) is 5.42. The zero-order valence-electron chi connectivity index (χ0n) is 23.2. The quantitative estimate of drug-likeness (QED) is 0.310. The lowest BCUT2D eigenvalue weighted by Gasteiger charge is -2.32. The number of halogens is 1. The minimum absolute atomic E-state index is 0. The molecule has 40 heavy (non-hydrogen) atoms. The molecule has 0 saturated carbocycles. The van der Waals surface area contributed by atoms with Crippen molar-refractivity contribution in [1.29, 1.82) is 0 Å². The monoisotopic (exact) mass is 584 g/mol. The number of primary amides is 1. The maximum Gasteiger partial charge on any atom is 0.268 e. The molecule has 4 rings (SSSR count). The number of carbonyl (C=O) groups excluding carboxylic acids is 3. The third-order valence-electron chi connectivity index (χ3n) is 6.93. The number of hydrazine groups is 1. The maximum atomic E-state index is 13.5. The van der Waals surface area contributed by atoms with Gasteiger partial charge in [0.05, 0.1) is 13.1 Å². The van der Waals surface area contributed by atoms with E-state index in [2.05, 4.69) is 29.4 Å². The van der Waals surface area contributed by atoms with Crippen LogP contribution in [0.5, 0.6) is 0 Å². The van der Waals surface area contributed by atoms with Gasteiger partial charge in [0.1, 0.15) is 10.7 Å². The second-order valence-corrected chi connectivity index (χ2v) is 10.7. The van der Waals surface area contributed by atoms with Crippen molar-refractivity contribution in [2.24, 2.45) is 5.73 Å². The number of nitrogens with two attached hydrogens (primary N) is 1. The number of thiazole rings is 1. The van der Waals surface area contributed by atoms with Gasteiger partial charge in [-0.25, -0.2) is 9.99 Å². The maximum absolute atomic E-state index is 13.5. The van der Waals surface area contributed by atoms with E-state index in [1.54, 1.807) is 17.4 Å². The van der Waals surface area contributed by atoms with Crippen LogP contribution in [0.1, 0.15) is 53.4 Å². The average molecular weight is 585 g/mol. The smallest absolute Gasteiger partial charge is 0.268 e. The van der Waals surface area contributed by atoms with Gasteiger partial charge in [-0.3, -0.25) is 19.4 Å². The Kier molecular flexibility index (Phi) is 11.1. The van der Waals surface area contributed by atoms with Crippen LogP contribution in [-0.4, -0.2) is 59.4 Å². The van der Waals surface area contributed by atoms with Gasteiger partial charge in [0.25, 0.3) is 11.8 Å². The molecule has 1 aromatic heterocycles. The van der Waals surface area contributed by atoms with E-state index in [1.165, 1.54) is 22.5 Å². The van der Waals surface area contributed by atoms with Gasteiger partial charge < -0.3 is 16.0 Å². The number of anilines is 1. The van der Waals surface area contributed by atoms with Crippen LogP contribution in [0, 0.1) is 6.92 Å². The highest BCUT2D eigenvalue weighted by molar-refractivity contribution is 7.13. The highest BCUT2D eigenvalue weighted by Gasteiger charge is 2.27. The van der Waals surface area contributed by atoms with Crippen molar-refractivity contribution in [3.05, 3.63) is 70.2 Å². The fraction of sp³-hybridized carbons (Fsp3) is 0.379. The number of aryl methyl sites for hydroxylation is 1. The van der Waals surface area contributed by atoms with Gasteiger partial charge in [0.2, 0.25) is 5.91 Å². The summed E-state index contributed by atoms with van der Waals surface area (Å²) in [6.45, 7) is 6.08. The first-order valence-electron chi connectivity index (χ1n) is 13.2. The Morgan fingerprint density at radius 1 is 1.07 bits per heavy atom. The van der Waals surface area contributed by atoms with Crippen molar-refractivity contribution in [2.75, 3.05) is 31.6 Å². The summed E-state index contributed by atoms with van der Waals surface area (Å²) in [4.78, 5) is 44.2. The van der Waals surface area contributed by atoms with Gasteiger partial charge in [-0.15, -0.1) is 23.7 Å². The van der Waals surface area contributed by atoms with E-state index in [0.29, 0.717) is 24.6 Å². The van der Waals surface area contributed by atoms with Crippen molar-refractivity contribution in [3.63, 3.8) is 0 Å². The van der Waals surface area contributed by atoms with E-state index in [4.69, 9.17) is 5.73 Å². The summed E-state index contributed by atoms with van der Waals surface area (Å²) < 4.78 is 0. The van der Waals surface area contributed by atoms with Crippen LogP contribution in [0.4, 0.5) is 5.69 Å². The van der Waals surface area contributed by atoms with Crippen molar-refractivity contribution in [2.45, 2.75) is 46.2 Å². The Morgan fingerprint density at radius 3 is 2.40 bits per heavy atom. The molecule has 1 aliphatic heterocycles. The van der Waals surface area contributed by atoms with E-state index in [1.807, 2.05) is 47.2 Å². The molecule has 0 spiro atoms. The Labute approximate surface area is 245 Å². The number of amides is 3. The first kappa shape index (κ1) is 31.1. The molecule has 0 fully saturated rings. The minimum Gasteiger partial charge on any atom is -0.364 e. The van der Waals surface area contributed by atoms with Gasteiger partial charge in [0.15, 0.2) is 0 Å². The molecule has 2 heterocycles. The highest BCUT2D eigenvalue weighted by atomic mass is 35.5. The molecule has 0 atom stereocenters. The predicted molar refractivity (Wildman–Crippen MR) is 161 cm³/mol. The highest BCUT2D eigenvalue weighted by Crippen LogP contribution is 2.30. The molecule has 0 saturated heterocycles. The summed E-state index contributed by atoms with van der Waals surface area (Å²) in [6.07, 6.45) is 3.04. The van der Waals surface area contributed by atoms with Crippen molar-refractivity contribution < 1.29 is 14.4 Å². The molecule has 0 unspecified atom stereocenters. The van der Waals surface area contributed by atoms with Crippen LogP contribution in [0.2, 0.25) is 0 Å². The summed E-state index contributed by atoms with van der Waals surface area (Å²) in [5.41, 5.74) is 10.5. The Hall–Kier alpha value is -3.47. The summed E-state index contributed by atoms with van der Waals surface area (Å²) >= 11 is 1.32. The van der Waals surface area contributed by atoms with Crippen LogP contribution in [0.25, 0.3) is 10.6 Å². The van der Waals surface area contributed by atoms with Gasteiger partial charge in [0, 0.05) is 43.3 Å². The number of nitrogens with zero attached hydrogens (tertiary/aromatic N) is 4. The number of rotatable bonds is 12. The second kappa shape index (κ2) is 14.2. The van der Waals surface area contributed by atoms with E-state index >= 15 is 0 Å². The third-order valence-corrected chi connectivity index (χ3v) is 7.82. The van der Waals surface area contributed by atoms with Crippen LogP contribution < -0.4 is 16.0 Å². The van der Waals surface area contributed by atoms with Crippen LogP contribution in [-0.2, 0) is 22.7 Å². The standard InChI is InChI=1S/C29H36N6O3S.ClH/c1-4-5-8-13-31-26(36)17-34(18-27(37)33(3)35-15-22-9-6-7-10-23(22)16-35)25-14-21(12-11-20(25)2)29-32-24(19-39-29)28(30)38;/h6-7,9-12,14,19H,4-5,8,13,15-18H2,1-3H3,(H2,30,38)(H,31,36);1H. The summed E-state index contributed by atoms with van der Waals surface area (Å²) in [5, 5.41) is 8.94. The van der Waals surface area contributed by atoms with Gasteiger partial charge in [-0.2, -0.15) is 0 Å². The van der Waals surface area contributed by atoms with Crippen LogP contribution in [0.15, 0.2) is 47.8 Å². The number of benzene rings is 2. The number of hydrogen-bond acceptors (Lipinski definition) is 7. The molecular weight excluding hydrogens is 548 g/mol. The number of nitrogens with one attached hydrogen (secondary N) is 1. The van der Waals surface area contributed by atoms with Crippen molar-refractivity contribution in [3.8, 4) is 10.6 Å². The predicted octanol–water partition coefficient (Wildman–Crippen LogP) is 4.14. The lowest BCUT2D eigenvalue weighted by atomic mass is 10.1. The number of unbranched alkanes of at least 4 members (excludes halogenated alkanes) is 2. The largest absolute Gasteiger partial charge is 0.364 e. The molecule has 214 valence electrons. The Balaban J connectivity index is 0.00000441. The molecule has 11 heteroatoms. The summed E-state index contributed by atoms with van der Waals surface area (Å²) in [6, 6.07) is 14.0. The molecule has 3 amide bonds. The molecule has 0 aliphatic carbocycles. The Bertz CT molecular complexity index is 1320. The number of aromatic nitrogens is 1. The number of carbonyl (C=O) groups is 3.